The van der Waals surface area contributed by atoms with E-state index in [0.717, 1.165) is 0 Å². The molecule has 0 aliphatic carbocycles. The van der Waals surface area contributed by atoms with Crippen LogP contribution in [0.1, 0.15) is 204 Å². The Labute approximate surface area is 496 Å². The molecular formula is C60H110N10O13. The molecule has 0 radical (unpaired) electrons. The maximum absolute atomic E-state index is 14.3. The summed E-state index contributed by atoms with van der Waals surface area (Å²) in [4.78, 5) is 152. The van der Waals surface area contributed by atoms with Crippen LogP contribution in [0.15, 0.2) is 0 Å². The molecule has 23 heteroatoms. The number of carbonyl (C=O) groups is 11. The number of carbonyl (C=O) groups excluding carboxylic acids is 11. The zero-order chi connectivity index (χ0) is 64.9. The Hall–Kier alpha value is -6.03. The van der Waals surface area contributed by atoms with Gasteiger partial charge in [-0.1, -0.05) is 96.9 Å². The highest BCUT2D eigenvalue weighted by Gasteiger charge is 2.41. The van der Waals surface area contributed by atoms with Crippen LogP contribution in [0.2, 0.25) is 0 Å². The van der Waals surface area contributed by atoms with Crippen molar-refractivity contribution in [2.45, 2.75) is 269 Å². The van der Waals surface area contributed by atoms with E-state index in [0.29, 0.717) is 0 Å². The first kappa shape index (κ1) is 77.0. The van der Waals surface area contributed by atoms with Crippen molar-refractivity contribution in [2.75, 3.05) is 7.11 Å². The van der Waals surface area contributed by atoms with Crippen LogP contribution in [0.4, 0.5) is 4.79 Å². The Bertz CT molecular complexity index is 2200. The van der Waals surface area contributed by atoms with Crippen molar-refractivity contribution in [2.24, 2.45) is 41.4 Å². The second-order valence-electron chi connectivity index (χ2n) is 27.7. The first-order chi connectivity index (χ1) is 37.7. The molecule has 83 heavy (non-hydrogen) atoms. The molecule has 0 aromatic rings. The molecule has 0 rings (SSSR count). The van der Waals surface area contributed by atoms with Gasteiger partial charge < -0.3 is 62.6 Å². The summed E-state index contributed by atoms with van der Waals surface area (Å²) in [6, 6.07) is -7.96. The molecule has 7 atom stereocenters. The maximum atomic E-state index is 14.3. The molecule has 0 fully saturated rings. The first-order valence-electron chi connectivity index (χ1n) is 29.6. The molecule has 0 saturated carbocycles. The maximum Gasteiger partial charge on any atom is 0.408 e. The highest BCUT2D eigenvalue weighted by Crippen LogP contribution is 2.18. The monoisotopic (exact) mass is 1180 g/mol. The van der Waals surface area contributed by atoms with Gasteiger partial charge in [0, 0.05) is 0 Å². The molecule has 0 heterocycles. The van der Waals surface area contributed by atoms with E-state index in [4.69, 9.17) is 9.47 Å². The summed E-state index contributed by atoms with van der Waals surface area (Å²) in [6.07, 6.45) is 0.412. The number of hydrogen-bond acceptors (Lipinski definition) is 13. The average molecular weight is 1180 g/mol. The third-order valence-electron chi connectivity index (χ3n) is 12.9. The lowest BCUT2D eigenvalue weighted by molar-refractivity contribution is -0.149. The molecule has 23 nitrogen and oxygen atoms in total. The summed E-state index contributed by atoms with van der Waals surface area (Å²) in [5.41, 5.74) is -5.55. The van der Waals surface area contributed by atoms with E-state index in [1.807, 2.05) is 96.9 Å². The summed E-state index contributed by atoms with van der Waals surface area (Å²) in [5, 5.41) is 27.4. The van der Waals surface area contributed by atoms with Crippen molar-refractivity contribution in [3.05, 3.63) is 0 Å². The number of rotatable bonds is 34. The predicted octanol–water partition coefficient (Wildman–Crippen LogP) is 4.97. The van der Waals surface area contributed by atoms with Gasteiger partial charge in [0.15, 0.2) is 0 Å². The minimum Gasteiger partial charge on any atom is -0.467 e. The fourth-order valence-corrected chi connectivity index (χ4v) is 8.74. The molecule has 0 aliphatic heterocycles. The fraction of sp³-hybridized carbons (Fsp3) is 0.817. The lowest BCUT2D eigenvalue weighted by atomic mass is 9.96. The van der Waals surface area contributed by atoms with Gasteiger partial charge in [-0.3, -0.25) is 43.2 Å². The number of amides is 10. The summed E-state index contributed by atoms with van der Waals surface area (Å²) < 4.78 is 10.2. The molecule has 0 aromatic heterocycles. The molecule has 0 saturated heterocycles. The van der Waals surface area contributed by atoms with E-state index >= 15 is 0 Å². The van der Waals surface area contributed by atoms with Crippen molar-refractivity contribution in [1.29, 1.82) is 0 Å². The van der Waals surface area contributed by atoms with Gasteiger partial charge in [0.05, 0.1) is 7.11 Å². The Morgan fingerprint density at radius 1 is 0.301 bits per heavy atom. The van der Waals surface area contributed by atoms with E-state index < -0.39 is 130 Å². The van der Waals surface area contributed by atoms with Crippen LogP contribution in [0.25, 0.3) is 0 Å². The number of alkyl carbamates (subject to hydrolysis) is 1. The highest BCUT2D eigenvalue weighted by atomic mass is 16.6. The average Bonchev–Trinajstić information content (AvgIpc) is 3.29. The normalized spacial score (nSPS) is 14.8. The Morgan fingerprint density at radius 2 is 0.506 bits per heavy atom. The largest absolute Gasteiger partial charge is 0.467 e. The zero-order valence-electron chi connectivity index (χ0n) is 54.8. The van der Waals surface area contributed by atoms with Crippen molar-refractivity contribution < 1.29 is 62.2 Å². The van der Waals surface area contributed by atoms with Crippen LogP contribution in [0.5, 0.6) is 0 Å². The minimum absolute atomic E-state index is 0.0178. The van der Waals surface area contributed by atoms with Crippen LogP contribution in [0.3, 0.4) is 0 Å². The van der Waals surface area contributed by atoms with E-state index in [1.54, 1.807) is 20.8 Å². The lowest BCUT2D eigenvalue weighted by Crippen LogP contribution is -2.64. The topological polar surface area (TPSA) is 327 Å². The lowest BCUT2D eigenvalue weighted by Gasteiger charge is -2.33. The second kappa shape index (κ2) is 34.1. The van der Waals surface area contributed by atoms with E-state index in [1.165, 1.54) is 48.7 Å². The van der Waals surface area contributed by atoms with Crippen molar-refractivity contribution in [3.8, 4) is 0 Å². The van der Waals surface area contributed by atoms with Gasteiger partial charge in [-0.2, -0.15) is 0 Å². The Morgan fingerprint density at radius 3 is 0.723 bits per heavy atom. The Kier molecular flexibility index (Phi) is 31.6. The number of methoxy groups -OCH3 is 1. The van der Waals surface area contributed by atoms with Gasteiger partial charge in [-0.25, -0.2) is 9.59 Å². The van der Waals surface area contributed by atoms with Crippen LogP contribution in [-0.4, -0.2) is 137 Å². The summed E-state index contributed by atoms with van der Waals surface area (Å²) in [7, 11) is 1.20. The molecule has 10 amide bonds. The van der Waals surface area contributed by atoms with E-state index in [2.05, 4.69) is 53.2 Å². The van der Waals surface area contributed by atoms with Crippen molar-refractivity contribution in [3.63, 3.8) is 0 Å². The molecule has 0 bridgehead atoms. The third kappa shape index (κ3) is 29.9. The molecule has 0 spiro atoms. The van der Waals surface area contributed by atoms with Crippen LogP contribution < -0.4 is 53.2 Å². The molecular weight excluding hydrogens is 1070 g/mol. The van der Waals surface area contributed by atoms with E-state index in [-0.39, 0.29) is 86.4 Å². The zero-order valence-corrected chi connectivity index (χ0v) is 54.8. The van der Waals surface area contributed by atoms with Crippen molar-refractivity contribution in [1.82, 2.24) is 53.2 Å². The number of esters is 1. The van der Waals surface area contributed by atoms with Gasteiger partial charge in [0.1, 0.15) is 64.5 Å². The highest BCUT2D eigenvalue weighted by molar-refractivity contribution is 6.00. The quantitative estimate of drug-likeness (QED) is 0.0381. The molecule has 0 aliphatic rings. The van der Waals surface area contributed by atoms with Gasteiger partial charge in [-0.05, 0) is 149 Å². The van der Waals surface area contributed by atoms with E-state index in [9.17, 15) is 52.7 Å². The minimum atomic E-state index is -1.67. The number of nitrogens with one attached hydrogen (secondary N) is 10. The second-order valence-corrected chi connectivity index (χ2v) is 27.7. The first-order valence-corrected chi connectivity index (χ1v) is 29.6. The van der Waals surface area contributed by atoms with Gasteiger partial charge in [0.25, 0.3) is 0 Å². The number of hydrogen-bond donors (Lipinski definition) is 10. The molecule has 0 unspecified atom stereocenters. The van der Waals surface area contributed by atoms with Crippen molar-refractivity contribution >= 4 is 65.2 Å². The summed E-state index contributed by atoms with van der Waals surface area (Å²) in [6.45, 7) is 39.8. The number of ether oxygens (including phenoxy) is 2. The van der Waals surface area contributed by atoms with Crippen LogP contribution in [0, 0.1) is 41.4 Å². The molecule has 10 N–H and O–H groups in total. The summed E-state index contributed by atoms with van der Waals surface area (Å²) >= 11 is 0. The summed E-state index contributed by atoms with van der Waals surface area (Å²) in [5.74, 6) is -7.52. The fourth-order valence-electron chi connectivity index (χ4n) is 8.74. The SMILES string of the molecule is COC(=O)C(C)(C)NC(=O)[C@H](CC(C)C)NC(=O)[C@@H](CC(C)C)NC(=O)C(C)(C)NC(=O)[C@H](CC(C)C)NC(=O)[C@@H](CC(C)C)NC(=O)C(C)(C)NC(=O)[C@H](CC(C)C)NC(=O)[C@@H](CC(C)C)NC(=O)[C@H](CC(C)C)NC(=O)OC(C)(C)C. The molecule has 0 aromatic carbocycles. The van der Waals surface area contributed by atoms with Gasteiger partial charge in [0.2, 0.25) is 53.2 Å². The van der Waals surface area contributed by atoms with Crippen LogP contribution >= 0.6 is 0 Å². The van der Waals surface area contributed by atoms with Gasteiger partial charge in [-0.15, -0.1) is 0 Å². The third-order valence-corrected chi connectivity index (χ3v) is 12.9. The Balaban J connectivity index is 6.60. The predicted molar refractivity (Wildman–Crippen MR) is 320 cm³/mol. The standard InChI is InChI=1S/C60H110N10O13/c1-32(2)25-39(61-49(74)42(28-35(7)8)67-56(81)83-57(15,16)17)46(71)62-43(29-36(9)10)50(75)68-58(18,19)53(78)65-40(26-33(3)4)47(72)63-44(30-37(11)12)51(76)69-59(20,21)54(79)66-41(27-34(5)6)48(73)64-45(31-38(13)14)52(77)70-60(22,23)55(80)82-24/h32-45H,25-31H2,1-24H3,(H,61,74)(H,62,71)(H,63,72)(H,64,73)(H,65,78)(H,66,79)(H,67,81)(H,68,75)(H,69,76)(H,70,77)/t39-,40-,41-,42+,43+,44+,45+/m1/s1. The van der Waals surface area contributed by atoms with Gasteiger partial charge >= 0.3 is 12.1 Å². The molecule has 478 valence electrons. The van der Waals surface area contributed by atoms with Crippen LogP contribution in [-0.2, 0) is 57.4 Å². The smallest absolute Gasteiger partial charge is 0.408 e.